The van der Waals surface area contributed by atoms with Crippen LogP contribution in [0, 0.1) is 0 Å². The van der Waals surface area contributed by atoms with Gasteiger partial charge in [0.05, 0.1) is 16.8 Å². The van der Waals surface area contributed by atoms with Crippen molar-refractivity contribution in [2.75, 3.05) is 4.90 Å². The van der Waals surface area contributed by atoms with Gasteiger partial charge in [-0.1, -0.05) is 176 Å². The van der Waals surface area contributed by atoms with Crippen LogP contribution in [0.5, 0.6) is 0 Å². The Morgan fingerprint density at radius 3 is 1.55 bits per heavy atom. The van der Waals surface area contributed by atoms with Crippen molar-refractivity contribution in [1.82, 2.24) is 0 Å². The van der Waals surface area contributed by atoms with Gasteiger partial charge in [0.25, 0.3) is 0 Å². The van der Waals surface area contributed by atoms with Gasteiger partial charge in [0, 0.05) is 38.4 Å². The number of hydrogen-bond acceptors (Lipinski definition) is 3. The van der Waals surface area contributed by atoms with Crippen LogP contribution in [0.25, 0.3) is 66.1 Å². The zero-order valence-electron chi connectivity index (χ0n) is 31.5. The summed E-state index contributed by atoms with van der Waals surface area (Å²) in [6.45, 7) is 0. The van der Waals surface area contributed by atoms with E-state index < -0.39 is 5.41 Å². The van der Waals surface area contributed by atoms with Gasteiger partial charge >= 0.3 is 0 Å². The summed E-state index contributed by atoms with van der Waals surface area (Å²) in [5.74, 6) is 0. The Hall–Kier alpha value is -7.62. The van der Waals surface area contributed by atoms with Crippen molar-refractivity contribution >= 4 is 60.9 Å². The first kappa shape index (κ1) is 32.6. The van der Waals surface area contributed by atoms with Crippen LogP contribution >= 0.6 is 0 Å². The molecule has 0 saturated carbocycles. The van der Waals surface area contributed by atoms with Crippen molar-refractivity contribution in [2.24, 2.45) is 0 Å². The number of fused-ring (bicyclic) bond motifs is 9. The summed E-state index contributed by atoms with van der Waals surface area (Å²) in [7, 11) is 0. The van der Waals surface area contributed by atoms with Crippen molar-refractivity contribution in [1.29, 1.82) is 0 Å². The quantitative estimate of drug-likeness (QED) is 0.170. The van der Waals surface area contributed by atoms with E-state index in [1.165, 1.54) is 33.4 Å². The summed E-state index contributed by atoms with van der Waals surface area (Å²) in [5, 5.41) is 4.37. The fourth-order valence-corrected chi connectivity index (χ4v) is 9.74. The van der Waals surface area contributed by atoms with E-state index in [-0.39, 0.29) is 0 Å². The van der Waals surface area contributed by atoms with Crippen LogP contribution in [0.1, 0.15) is 22.3 Å². The first-order valence-electron chi connectivity index (χ1n) is 19.8. The highest BCUT2D eigenvalue weighted by molar-refractivity contribution is 6.13. The number of hydrogen-bond donors (Lipinski definition) is 0. The summed E-state index contributed by atoms with van der Waals surface area (Å²) in [5.41, 5.74) is 15.4. The SMILES string of the molecule is c1ccc(C2(c3ccccc3)c3ccccc3-c3ccc(N(c4ccccc4-c4cccc5c4oc4ccccc45)c4cccc5c4oc4ccccc45)cc32)cc1. The van der Waals surface area contributed by atoms with Gasteiger partial charge in [-0.25, -0.2) is 0 Å². The van der Waals surface area contributed by atoms with Crippen molar-refractivity contribution in [3.8, 4) is 22.3 Å². The van der Waals surface area contributed by atoms with E-state index in [9.17, 15) is 0 Å². The second-order valence-corrected chi connectivity index (χ2v) is 15.1. The average Bonchev–Trinajstić information content (AvgIpc) is 3.96. The molecule has 0 fully saturated rings. The molecule has 3 nitrogen and oxygen atoms in total. The number of benzene rings is 9. The minimum Gasteiger partial charge on any atom is -0.455 e. The Morgan fingerprint density at radius 1 is 0.328 bits per heavy atom. The maximum Gasteiger partial charge on any atom is 0.159 e. The lowest BCUT2D eigenvalue weighted by molar-refractivity contribution is 0.669. The van der Waals surface area contributed by atoms with Gasteiger partial charge in [-0.15, -0.1) is 0 Å². The molecule has 9 aromatic carbocycles. The molecule has 11 aromatic rings. The average molecular weight is 742 g/mol. The molecule has 0 unspecified atom stereocenters. The first-order valence-corrected chi connectivity index (χ1v) is 19.8. The molecule has 2 heterocycles. The molecule has 0 aliphatic heterocycles. The normalized spacial score (nSPS) is 13.0. The van der Waals surface area contributed by atoms with E-state index >= 15 is 0 Å². The number of para-hydroxylation sites is 5. The van der Waals surface area contributed by atoms with Crippen LogP contribution in [0.2, 0.25) is 0 Å². The fraction of sp³-hybridized carbons (Fsp3) is 0.0182. The minimum atomic E-state index is -0.555. The molecule has 0 bridgehead atoms. The Morgan fingerprint density at radius 2 is 0.828 bits per heavy atom. The molecule has 1 aliphatic rings. The molecule has 58 heavy (non-hydrogen) atoms. The number of nitrogens with zero attached hydrogens (tertiary/aromatic N) is 1. The molecule has 0 spiro atoms. The number of furan rings is 2. The predicted molar refractivity (Wildman–Crippen MR) is 238 cm³/mol. The van der Waals surface area contributed by atoms with Gasteiger partial charge < -0.3 is 13.7 Å². The fourth-order valence-electron chi connectivity index (χ4n) is 9.74. The van der Waals surface area contributed by atoms with Gasteiger partial charge in [-0.05, 0) is 69.8 Å². The van der Waals surface area contributed by atoms with E-state index in [1.807, 2.05) is 18.2 Å². The van der Waals surface area contributed by atoms with Crippen LogP contribution < -0.4 is 4.90 Å². The highest BCUT2D eigenvalue weighted by atomic mass is 16.3. The van der Waals surface area contributed by atoms with E-state index in [0.717, 1.165) is 72.1 Å². The van der Waals surface area contributed by atoms with Gasteiger partial charge in [-0.2, -0.15) is 0 Å². The summed E-state index contributed by atoms with van der Waals surface area (Å²) >= 11 is 0. The molecular formula is C55H35NO2. The van der Waals surface area contributed by atoms with E-state index in [1.54, 1.807) is 0 Å². The maximum absolute atomic E-state index is 6.83. The monoisotopic (exact) mass is 741 g/mol. The second kappa shape index (κ2) is 12.7. The first-order chi connectivity index (χ1) is 28.8. The molecule has 0 N–H and O–H groups in total. The highest BCUT2D eigenvalue weighted by Crippen LogP contribution is 2.58. The van der Waals surface area contributed by atoms with E-state index in [0.29, 0.717) is 0 Å². The van der Waals surface area contributed by atoms with Crippen LogP contribution in [0.3, 0.4) is 0 Å². The Balaban J connectivity index is 1.18. The standard InChI is InChI=1S/C55H35NO2/c1-3-17-36(18-4-1)55(37-19-5-2-6-20-37)47-28-11-7-21-39(47)40-34-33-38(35-48(40)55)56(50-30-16-27-46-43-24-10-14-32-52(43)58-54(46)50)49-29-12-8-22-41(49)44-25-15-26-45-42-23-9-13-31-51(42)57-53(44)45/h1-35H. The van der Waals surface area contributed by atoms with Crippen LogP contribution in [0.15, 0.2) is 221 Å². The predicted octanol–water partition coefficient (Wildman–Crippen LogP) is 15.0. The summed E-state index contributed by atoms with van der Waals surface area (Å²) < 4.78 is 13.5. The van der Waals surface area contributed by atoms with Crippen LogP contribution in [-0.4, -0.2) is 0 Å². The summed E-state index contributed by atoms with van der Waals surface area (Å²) in [6.07, 6.45) is 0. The molecule has 0 atom stereocenters. The van der Waals surface area contributed by atoms with Gasteiger partial charge in [-0.3, -0.25) is 0 Å². The third kappa shape index (κ3) is 4.62. The zero-order chi connectivity index (χ0) is 38.2. The molecule has 272 valence electrons. The lowest BCUT2D eigenvalue weighted by atomic mass is 9.67. The van der Waals surface area contributed by atoms with Crippen molar-refractivity contribution in [3.05, 3.63) is 235 Å². The topological polar surface area (TPSA) is 29.5 Å². The molecule has 1 aliphatic carbocycles. The molecular weight excluding hydrogens is 707 g/mol. The zero-order valence-corrected chi connectivity index (χ0v) is 31.5. The molecule has 0 amide bonds. The maximum atomic E-state index is 6.83. The largest absolute Gasteiger partial charge is 0.455 e. The van der Waals surface area contributed by atoms with Gasteiger partial charge in [0.2, 0.25) is 0 Å². The summed E-state index contributed by atoms with van der Waals surface area (Å²) in [4.78, 5) is 2.39. The van der Waals surface area contributed by atoms with Gasteiger partial charge in [0.15, 0.2) is 5.58 Å². The molecule has 3 heteroatoms. The Bertz CT molecular complexity index is 3320. The lowest BCUT2D eigenvalue weighted by Gasteiger charge is -2.35. The summed E-state index contributed by atoms with van der Waals surface area (Å²) in [6, 6.07) is 76.2. The van der Waals surface area contributed by atoms with Crippen molar-refractivity contribution in [2.45, 2.75) is 5.41 Å². The van der Waals surface area contributed by atoms with E-state index in [2.05, 4.69) is 199 Å². The second-order valence-electron chi connectivity index (χ2n) is 15.1. The lowest BCUT2D eigenvalue weighted by Crippen LogP contribution is -2.28. The smallest absolute Gasteiger partial charge is 0.159 e. The third-order valence-electron chi connectivity index (χ3n) is 12.2. The molecule has 0 saturated heterocycles. The van der Waals surface area contributed by atoms with Crippen molar-refractivity contribution < 1.29 is 8.83 Å². The van der Waals surface area contributed by atoms with E-state index in [4.69, 9.17) is 8.83 Å². The number of anilines is 3. The molecule has 2 aromatic heterocycles. The van der Waals surface area contributed by atoms with Gasteiger partial charge in [0.1, 0.15) is 16.7 Å². The third-order valence-corrected chi connectivity index (χ3v) is 12.2. The Kier molecular flexibility index (Phi) is 7.14. The molecule has 0 radical (unpaired) electrons. The van der Waals surface area contributed by atoms with Crippen molar-refractivity contribution in [3.63, 3.8) is 0 Å². The number of rotatable bonds is 6. The highest BCUT2D eigenvalue weighted by Gasteiger charge is 2.46. The van der Waals surface area contributed by atoms with Crippen LogP contribution in [0.4, 0.5) is 17.1 Å². The van der Waals surface area contributed by atoms with Crippen LogP contribution in [-0.2, 0) is 5.41 Å². The molecule has 12 rings (SSSR count). The minimum absolute atomic E-state index is 0.555. The Labute approximate surface area is 335 Å².